The number of nitrogens with one attached hydrogen (secondary N) is 1. The molecule has 1 heterocycles. The second-order valence-corrected chi connectivity index (χ2v) is 6.68. The summed E-state index contributed by atoms with van der Waals surface area (Å²) in [5.74, 6) is 6.56. The van der Waals surface area contributed by atoms with Gasteiger partial charge in [-0.15, -0.1) is 0 Å². The Morgan fingerprint density at radius 1 is 1.14 bits per heavy atom. The van der Waals surface area contributed by atoms with Crippen molar-refractivity contribution in [1.29, 1.82) is 0 Å². The number of hydrogen-bond donors (Lipinski definition) is 2. The first-order valence-electron chi connectivity index (χ1n) is 6.50. The van der Waals surface area contributed by atoms with Crippen LogP contribution in [0.25, 0.3) is 11.0 Å². The lowest BCUT2D eigenvalue weighted by Gasteiger charge is -2.15. The lowest BCUT2D eigenvalue weighted by molar-refractivity contribution is 0.475. The zero-order valence-electron chi connectivity index (χ0n) is 11.4. The van der Waals surface area contributed by atoms with E-state index in [4.69, 9.17) is 10.3 Å². The van der Waals surface area contributed by atoms with Gasteiger partial charge < -0.3 is 4.42 Å². The zero-order chi connectivity index (χ0) is 15.0. The molecule has 0 fully saturated rings. The zero-order valence-corrected chi connectivity index (χ0v) is 14.5. The van der Waals surface area contributed by atoms with Crippen LogP contribution in [0.15, 0.2) is 55.8 Å². The lowest BCUT2D eigenvalue weighted by atomic mass is 10.0. The molecule has 0 bridgehead atoms. The molecular weight excluding hydrogens is 396 g/mol. The molecule has 3 rings (SSSR count). The predicted octanol–water partition coefficient (Wildman–Crippen LogP) is 4.82. The van der Waals surface area contributed by atoms with Gasteiger partial charge in [0.15, 0.2) is 0 Å². The van der Waals surface area contributed by atoms with Gasteiger partial charge in [0.2, 0.25) is 0 Å². The van der Waals surface area contributed by atoms with E-state index in [-0.39, 0.29) is 6.04 Å². The Hall–Kier alpha value is -1.14. The van der Waals surface area contributed by atoms with E-state index < -0.39 is 0 Å². The Morgan fingerprint density at radius 2 is 1.95 bits per heavy atom. The fraction of sp³-hybridized carbons (Fsp3) is 0.125. The second kappa shape index (κ2) is 5.93. The van der Waals surface area contributed by atoms with Gasteiger partial charge in [0.05, 0.1) is 0 Å². The van der Waals surface area contributed by atoms with E-state index in [0.717, 1.165) is 36.8 Å². The molecule has 3 N–H and O–H groups in total. The fourth-order valence-corrected chi connectivity index (χ4v) is 3.71. The Morgan fingerprint density at radius 3 is 2.62 bits per heavy atom. The molecule has 0 saturated heterocycles. The minimum absolute atomic E-state index is 0.209. The minimum atomic E-state index is -0.209. The minimum Gasteiger partial charge on any atom is -0.459 e. The number of para-hydroxylation sites is 1. The van der Waals surface area contributed by atoms with Gasteiger partial charge in [-0.25, -0.2) is 5.43 Å². The highest BCUT2D eigenvalue weighted by atomic mass is 79.9. The summed E-state index contributed by atoms with van der Waals surface area (Å²) in [7, 11) is 0. The highest BCUT2D eigenvalue weighted by molar-refractivity contribution is 9.11. The number of halogens is 2. The van der Waals surface area contributed by atoms with Gasteiger partial charge in [-0.1, -0.05) is 56.1 Å². The summed E-state index contributed by atoms with van der Waals surface area (Å²) in [4.78, 5) is 0. The SMILES string of the molecule is Cc1cccc2cc(C(NN)c3ccc(Br)cc3Br)oc12. The first-order chi connectivity index (χ1) is 10.1. The summed E-state index contributed by atoms with van der Waals surface area (Å²) in [5.41, 5.74) is 5.88. The number of nitrogens with two attached hydrogens (primary N) is 1. The van der Waals surface area contributed by atoms with Gasteiger partial charge in [-0.05, 0) is 36.2 Å². The molecule has 3 aromatic rings. The summed E-state index contributed by atoms with van der Waals surface area (Å²) < 4.78 is 7.99. The van der Waals surface area contributed by atoms with Crippen molar-refractivity contribution in [3.05, 3.63) is 68.3 Å². The maximum atomic E-state index is 6.02. The quantitative estimate of drug-likeness (QED) is 0.481. The summed E-state index contributed by atoms with van der Waals surface area (Å²) in [5, 5.41) is 1.08. The maximum Gasteiger partial charge on any atom is 0.137 e. The third-order valence-electron chi connectivity index (χ3n) is 3.48. The van der Waals surface area contributed by atoms with Crippen LogP contribution in [0.5, 0.6) is 0 Å². The van der Waals surface area contributed by atoms with Crippen molar-refractivity contribution in [3.63, 3.8) is 0 Å². The molecule has 1 unspecified atom stereocenters. The Kier molecular flexibility index (Phi) is 4.17. The van der Waals surface area contributed by atoms with Crippen LogP contribution in [0.4, 0.5) is 0 Å². The average molecular weight is 410 g/mol. The number of furan rings is 1. The Labute approximate surface area is 139 Å². The van der Waals surface area contributed by atoms with E-state index in [1.165, 1.54) is 0 Å². The van der Waals surface area contributed by atoms with Crippen LogP contribution >= 0.6 is 31.9 Å². The van der Waals surface area contributed by atoms with Crippen LogP contribution in [-0.2, 0) is 0 Å². The molecule has 1 atom stereocenters. The summed E-state index contributed by atoms with van der Waals surface area (Å²) in [6.45, 7) is 2.04. The van der Waals surface area contributed by atoms with Crippen molar-refractivity contribution in [2.45, 2.75) is 13.0 Å². The number of hydrazine groups is 1. The van der Waals surface area contributed by atoms with Crippen LogP contribution in [0, 0.1) is 6.92 Å². The van der Waals surface area contributed by atoms with Crippen molar-refractivity contribution in [2.24, 2.45) is 5.84 Å². The van der Waals surface area contributed by atoms with Crippen LogP contribution in [0.1, 0.15) is 22.9 Å². The molecule has 0 aliphatic heterocycles. The topological polar surface area (TPSA) is 51.2 Å². The smallest absolute Gasteiger partial charge is 0.137 e. The van der Waals surface area contributed by atoms with Crippen LogP contribution < -0.4 is 11.3 Å². The molecule has 21 heavy (non-hydrogen) atoms. The molecule has 108 valence electrons. The van der Waals surface area contributed by atoms with Gasteiger partial charge in [0.25, 0.3) is 0 Å². The second-order valence-electron chi connectivity index (χ2n) is 4.91. The molecule has 0 aliphatic carbocycles. The van der Waals surface area contributed by atoms with E-state index in [2.05, 4.69) is 37.3 Å². The third kappa shape index (κ3) is 2.79. The number of rotatable bonds is 3. The highest BCUT2D eigenvalue weighted by Gasteiger charge is 2.20. The normalized spacial score (nSPS) is 12.8. The summed E-state index contributed by atoms with van der Waals surface area (Å²) in [6, 6.07) is 13.9. The van der Waals surface area contributed by atoms with E-state index in [1.54, 1.807) is 0 Å². The lowest BCUT2D eigenvalue weighted by Crippen LogP contribution is -2.28. The van der Waals surface area contributed by atoms with E-state index in [0.29, 0.717) is 0 Å². The maximum absolute atomic E-state index is 6.02. The van der Waals surface area contributed by atoms with Crippen molar-refractivity contribution in [2.75, 3.05) is 0 Å². The fourth-order valence-electron chi connectivity index (χ4n) is 2.43. The monoisotopic (exact) mass is 408 g/mol. The number of fused-ring (bicyclic) bond motifs is 1. The van der Waals surface area contributed by atoms with Crippen LogP contribution in [0.3, 0.4) is 0 Å². The molecule has 0 spiro atoms. The Bertz CT molecular complexity index is 798. The molecule has 1 aromatic heterocycles. The predicted molar refractivity (Wildman–Crippen MR) is 92.0 cm³/mol. The van der Waals surface area contributed by atoms with E-state index >= 15 is 0 Å². The van der Waals surface area contributed by atoms with Crippen molar-refractivity contribution in [1.82, 2.24) is 5.43 Å². The number of aryl methyl sites for hydroxylation is 1. The summed E-state index contributed by atoms with van der Waals surface area (Å²) in [6.07, 6.45) is 0. The molecular formula is C16H14Br2N2O. The highest BCUT2D eigenvalue weighted by Crippen LogP contribution is 2.33. The van der Waals surface area contributed by atoms with Crippen LogP contribution in [0.2, 0.25) is 0 Å². The first-order valence-corrected chi connectivity index (χ1v) is 8.09. The standard InChI is InChI=1S/C16H14Br2N2O/c1-9-3-2-4-10-7-14(21-16(9)10)15(20-19)12-6-5-11(17)8-13(12)18/h2-8,15,20H,19H2,1H3. The van der Waals surface area contributed by atoms with Gasteiger partial charge in [-0.3, -0.25) is 5.84 Å². The van der Waals surface area contributed by atoms with Gasteiger partial charge in [0, 0.05) is 14.3 Å². The number of hydrogen-bond acceptors (Lipinski definition) is 3. The van der Waals surface area contributed by atoms with Crippen LogP contribution in [-0.4, -0.2) is 0 Å². The average Bonchev–Trinajstić information content (AvgIpc) is 2.87. The van der Waals surface area contributed by atoms with E-state index in [1.807, 2.05) is 49.4 Å². The van der Waals surface area contributed by atoms with Gasteiger partial charge >= 0.3 is 0 Å². The van der Waals surface area contributed by atoms with Crippen molar-refractivity contribution >= 4 is 42.8 Å². The molecule has 0 aliphatic rings. The largest absolute Gasteiger partial charge is 0.459 e. The van der Waals surface area contributed by atoms with E-state index in [9.17, 15) is 0 Å². The molecule has 0 radical (unpaired) electrons. The summed E-state index contributed by atoms with van der Waals surface area (Å²) >= 11 is 7.03. The molecule has 3 nitrogen and oxygen atoms in total. The molecule has 0 saturated carbocycles. The van der Waals surface area contributed by atoms with Gasteiger partial charge in [-0.2, -0.15) is 0 Å². The first kappa shape index (κ1) is 14.8. The molecule has 0 amide bonds. The number of benzene rings is 2. The Balaban J connectivity index is 2.11. The van der Waals surface area contributed by atoms with Gasteiger partial charge in [0.1, 0.15) is 17.4 Å². The molecule has 5 heteroatoms. The molecule has 2 aromatic carbocycles. The van der Waals surface area contributed by atoms with Crippen molar-refractivity contribution in [3.8, 4) is 0 Å². The van der Waals surface area contributed by atoms with Crippen molar-refractivity contribution < 1.29 is 4.42 Å². The third-order valence-corrected chi connectivity index (χ3v) is 4.66.